The number of carbonyl (C=O) groups is 1. The molecule has 1 aromatic rings. The van der Waals surface area contributed by atoms with Crippen molar-refractivity contribution in [3.8, 4) is 5.75 Å². The normalized spacial score (nSPS) is 12.2. The van der Waals surface area contributed by atoms with Crippen LogP contribution in [0.15, 0.2) is 18.2 Å². The van der Waals surface area contributed by atoms with Crippen molar-refractivity contribution in [2.24, 2.45) is 0 Å². The Morgan fingerprint density at radius 1 is 1.53 bits per heavy atom. The first-order valence-electron chi connectivity index (χ1n) is 5.42. The van der Waals surface area contributed by atoms with Crippen molar-refractivity contribution < 1.29 is 14.6 Å². The lowest BCUT2D eigenvalue weighted by Gasteiger charge is -2.12. The molecule has 1 atom stereocenters. The molecule has 0 fully saturated rings. The van der Waals surface area contributed by atoms with Crippen LogP contribution in [0, 0.1) is 0 Å². The summed E-state index contributed by atoms with van der Waals surface area (Å²) in [5.41, 5.74) is 0.965. The first-order valence-corrected chi connectivity index (χ1v) is 5.80. The van der Waals surface area contributed by atoms with Gasteiger partial charge >= 0.3 is 5.97 Å². The number of rotatable bonds is 6. The van der Waals surface area contributed by atoms with Crippen molar-refractivity contribution in [2.75, 3.05) is 6.54 Å². The van der Waals surface area contributed by atoms with Gasteiger partial charge in [0.05, 0.1) is 0 Å². The van der Waals surface area contributed by atoms with E-state index in [1.54, 1.807) is 12.1 Å². The highest BCUT2D eigenvalue weighted by Gasteiger charge is 2.13. The molecule has 0 aliphatic rings. The summed E-state index contributed by atoms with van der Waals surface area (Å²) in [5.74, 6) is -0.529. The highest BCUT2D eigenvalue weighted by Crippen LogP contribution is 2.22. The lowest BCUT2D eigenvalue weighted by molar-refractivity contribution is -0.144. The number of carboxylic acids is 1. The Bertz CT molecular complexity index is 395. The van der Waals surface area contributed by atoms with Gasteiger partial charge in [-0.05, 0) is 37.2 Å². The van der Waals surface area contributed by atoms with Crippen LogP contribution in [0.1, 0.15) is 19.4 Å². The molecule has 0 aliphatic carbocycles. The Hall–Kier alpha value is -1.26. The zero-order valence-corrected chi connectivity index (χ0v) is 10.6. The van der Waals surface area contributed by atoms with Gasteiger partial charge in [0.15, 0.2) is 6.10 Å². The summed E-state index contributed by atoms with van der Waals surface area (Å²) in [7, 11) is 0. The van der Waals surface area contributed by atoms with E-state index >= 15 is 0 Å². The maximum atomic E-state index is 10.7. The largest absolute Gasteiger partial charge is 0.479 e. The summed E-state index contributed by atoms with van der Waals surface area (Å²) < 4.78 is 5.27. The number of hydrogen-bond acceptors (Lipinski definition) is 3. The molecule has 0 bridgehead atoms. The van der Waals surface area contributed by atoms with E-state index in [4.69, 9.17) is 21.4 Å². The zero-order valence-electron chi connectivity index (χ0n) is 9.87. The third kappa shape index (κ3) is 4.63. The predicted octanol–water partition coefficient (Wildman–Crippen LogP) is 2.30. The summed E-state index contributed by atoms with van der Waals surface area (Å²) >= 11 is 5.94. The van der Waals surface area contributed by atoms with Crippen molar-refractivity contribution in [3.63, 3.8) is 0 Å². The van der Waals surface area contributed by atoms with Gasteiger partial charge in [0, 0.05) is 11.6 Å². The second-order valence-electron chi connectivity index (χ2n) is 3.67. The maximum absolute atomic E-state index is 10.7. The Labute approximate surface area is 106 Å². The second-order valence-corrected chi connectivity index (χ2v) is 4.11. The summed E-state index contributed by atoms with van der Waals surface area (Å²) in [4.78, 5) is 10.7. The minimum Gasteiger partial charge on any atom is -0.479 e. The van der Waals surface area contributed by atoms with Crippen LogP contribution in [0.4, 0.5) is 0 Å². The molecule has 1 unspecified atom stereocenters. The molecule has 0 saturated carbocycles. The molecule has 1 rings (SSSR count). The zero-order chi connectivity index (χ0) is 12.8. The molecule has 0 aromatic heterocycles. The van der Waals surface area contributed by atoms with E-state index in [0.29, 0.717) is 17.3 Å². The van der Waals surface area contributed by atoms with Crippen molar-refractivity contribution in [1.82, 2.24) is 5.32 Å². The predicted molar refractivity (Wildman–Crippen MR) is 66.6 cm³/mol. The average Bonchev–Trinajstić information content (AvgIpc) is 2.25. The third-order valence-corrected chi connectivity index (χ3v) is 2.39. The monoisotopic (exact) mass is 257 g/mol. The molecular formula is C12H16ClNO3. The van der Waals surface area contributed by atoms with Crippen LogP contribution in [-0.4, -0.2) is 23.7 Å². The molecule has 2 N–H and O–H groups in total. The molecule has 5 heteroatoms. The van der Waals surface area contributed by atoms with Gasteiger partial charge in [0.25, 0.3) is 0 Å². The number of ether oxygens (including phenoxy) is 1. The van der Waals surface area contributed by atoms with Gasteiger partial charge in [-0.15, -0.1) is 0 Å². The summed E-state index contributed by atoms with van der Waals surface area (Å²) in [6, 6.07) is 5.22. The van der Waals surface area contributed by atoms with Gasteiger partial charge < -0.3 is 15.2 Å². The first kappa shape index (κ1) is 13.8. The quantitative estimate of drug-likeness (QED) is 0.821. The highest BCUT2D eigenvalue weighted by molar-refractivity contribution is 6.30. The molecule has 0 aliphatic heterocycles. The van der Waals surface area contributed by atoms with Crippen LogP contribution >= 0.6 is 11.6 Å². The SMILES string of the molecule is CCNCc1cc(Cl)cc(OC(C)C(=O)O)c1. The Morgan fingerprint density at radius 3 is 2.82 bits per heavy atom. The Morgan fingerprint density at radius 2 is 2.24 bits per heavy atom. The number of carboxylic acid groups (broad SMARTS) is 1. The van der Waals surface area contributed by atoms with Crippen LogP contribution in [0.3, 0.4) is 0 Å². The van der Waals surface area contributed by atoms with Gasteiger partial charge in [0.2, 0.25) is 0 Å². The highest BCUT2D eigenvalue weighted by atomic mass is 35.5. The Kier molecular flexibility index (Phi) is 5.25. The van der Waals surface area contributed by atoms with Crippen molar-refractivity contribution >= 4 is 17.6 Å². The minimum atomic E-state index is -1.00. The van der Waals surface area contributed by atoms with Gasteiger partial charge in [-0.2, -0.15) is 0 Å². The molecule has 0 saturated heterocycles. The standard InChI is InChI=1S/C12H16ClNO3/c1-3-14-7-9-4-10(13)6-11(5-9)17-8(2)12(15)16/h4-6,8,14H,3,7H2,1-2H3,(H,15,16). The van der Waals surface area contributed by atoms with E-state index in [0.717, 1.165) is 12.1 Å². The summed E-state index contributed by atoms with van der Waals surface area (Å²) in [6.45, 7) is 5.02. The fourth-order valence-electron chi connectivity index (χ4n) is 1.31. The fourth-order valence-corrected chi connectivity index (χ4v) is 1.56. The lowest BCUT2D eigenvalue weighted by Crippen LogP contribution is -2.23. The number of hydrogen-bond donors (Lipinski definition) is 2. The van der Waals surface area contributed by atoms with Crippen LogP contribution in [0.25, 0.3) is 0 Å². The molecule has 0 amide bonds. The molecule has 0 spiro atoms. The topological polar surface area (TPSA) is 58.6 Å². The van der Waals surface area contributed by atoms with E-state index < -0.39 is 12.1 Å². The average molecular weight is 258 g/mol. The van der Waals surface area contributed by atoms with Gasteiger partial charge in [-0.25, -0.2) is 4.79 Å². The van der Waals surface area contributed by atoms with E-state index in [1.165, 1.54) is 6.92 Å². The van der Waals surface area contributed by atoms with Gasteiger partial charge in [-0.3, -0.25) is 0 Å². The van der Waals surface area contributed by atoms with Gasteiger partial charge in [0.1, 0.15) is 5.75 Å². The number of nitrogens with one attached hydrogen (secondary N) is 1. The molecule has 1 aromatic carbocycles. The molecule has 94 valence electrons. The van der Waals surface area contributed by atoms with Gasteiger partial charge in [-0.1, -0.05) is 18.5 Å². The summed E-state index contributed by atoms with van der Waals surface area (Å²) in [6.07, 6.45) is -0.888. The van der Waals surface area contributed by atoms with Crippen LogP contribution in [-0.2, 0) is 11.3 Å². The van der Waals surface area contributed by atoms with Crippen LogP contribution in [0.5, 0.6) is 5.75 Å². The van der Waals surface area contributed by atoms with E-state index in [9.17, 15) is 4.79 Å². The molecule has 17 heavy (non-hydrogen) atoms. The lowest BCUT2D eigenvalue weighted by atomic mass is 10.2. The first-order chi connectivity index (χ1) is 8.02. The number of benzene rings is 1. The van der Waals surface area contributed by atoms with E-state index in [1.807, 2.05) is 13.0 Å². The number of aliphatic carboxylic acids is 1. The maximum Gasteiger partial charge on any atom is 0.344 e. The molecule has 4 nitrogen and oxygen atoms in total. The third-order valence-electron chi connectivity index (χ3n) is 2.17. The minimum absolute atomic E-state index is 0.473. The van der Waals surface area contributed by atoms with Crippen LogP contribution in [0.2, 0.25) is 5.02 Å². The molecule has 0 heterocycles. The van der Waals surface area contributed by atoms with Crippen molar-refractivity contribution in [2.45, 2.75) is 26.5 Å². The second kappa shape index (κ2) is 6.47. The molecule has 0 radical (unpaired) electrons. The van der Waals surface area contributed by atoms with Crippen LogP contribution < -0.4 is 10.1 Å². The fraction of sp³-hybridized carbons (Fsp3) is 0.417. The van der Waals surface area contributed by atoms with Crippen molar-refractivity contribution in [3.05, 3.63) is 28.8 Å². The summed E-state index contributed by atoms with van der Waals surface area (Å²) in [5, 5.41) is 12.5. The van der Waals surface area contributed by atoms with Crippen molar-refractivity contribution in [1.29, 1.82) is 0 Å². The Balaban J connectivity index is 2.78. The molecular weight excluding hydrogens is 242 g/mol. The number of halogens is 1. The van der Waals surface area contributed by atoms with E-state index in [2.05, 4.69) is 5.32 Å². The smallest absolute Gasteiger partial charge is 0.344 e. The van der Waals surface area contributed by atoms with E-state index in [-0.39, 0.29) is 0 Å².